The number of hydrogen-bond acceptors (Lipinski definition) is 17. The van der Waals surface area contributed by atoms with Crippen molar-refractivity contribution in [1.29, 1.82) is 0 Å². The molecule has 33 heteroatoms. The maximum Gasteiger partial charge on any atom is 0.410 e. The number of hydrogen-bond donors (Lipinski definition) is 4. The summed E-state index contributed by atoms with van der Waals surface area (Å²) in [6.07, 6.45) is 15.7. The van der Waals surface area contributed by atoms with E-state index in [1.807, 2.05) is 62.8 Å². The number of aliphatic imine (C=N–C) groups is 1. The summed E-state index contributed by atoms with van der Waals surface area (Å²) in [6, 6.07) is 18.0. The lowest BCUT2D eigenvalue weighted by Crippen LogP contribution is -2.40. The third-order valence-corrected chi connectivity index (χ3v) is 18.6. The number of benzene rings is 4. The number of anilines is 3. The Bertz CT molecular complexity index is 5130. The largest absolute Gasteiger partial charge is 0.444 e. The smallest absolute Gasteiger partial charge is 0.410 e. The van der Waals surface area contributed by atoms with Gasteiger partial charge in [-0.25, -0.2) is 75.4 Å². The first-order valence-corrected chi connectivity index (χ1v) is 37.9. The minimum atomic E-state index is -0.658. The van der Waals surface area contributed by atoms with Crippen LogP contribution in [0.2, 0.25) is 5.28 Å². The Morgan fingerprint density at radius 3 is 1.48 bits per heavy atom. The number of carbonyl (C=O) groups is 4. The van der Waals surface area contributed by atoms with Gasteiger partial charge in [-0.3, -0.25) is 19.4 Å². The Balaban J connectivity index is 0.000000143. The molecule has 4 aromatic carbocycles. The monoisotopic (exact) mass is 1670 g/mol. The van der Waals surface area contributed by atoms with Gasteiger partial charge in [-0.15, -0.1) is 0 Å². The van der Waals surface area contributed by atoms with Crippen molar-refractivity contribution >= 4 is 124 Å². The van der Waals surface area contributed by atoms with Gasteiger partial charge in [-0.05, 0) is 197 Å². The van der Waals surface area contributed by atoms with E-state index >= 15 is 4.39 Å². The summed E-state index contributed by atoms with van der Waals surface area (Å²) in [5, 5.41) is 8.39. The van der Waals surface area contributed by atoms with E-state index in [9.17, 15) is 45.5 Å². The number of amidine groups is 1. The summed E-state index contributed by atoms with van der Waals surface area (Å²) in [6.45, 7) is 17.7. The summed E-state index contributed by atoms with van der Waals surface area (Å²) in [7, 11) is 0. The van der Waals surface area contributed by atoms with Gasteiger partial charge in [0.1, 0.15) is 62.5 Å². The zero-order chi connectivity index (χ0) is 79.3. The van der Waals surface area contributed by atoms with Crippen LogP contribution in [0, 0.1) is 61.5 Å². The normalized spacial score (nSPS) is 15.6. The molecule has 6 saturated carbocycles. The van der Waals surface area contributed by atoms with E-state index in [1.54, 1.807) is 36.9 Å². The molecule has 0 unspecified atom stereocenters. The molecule has 2 amide bonds. The minimum absolute atomic E-state index is 0.0120. The summed E-state index contributed by atoms with van der Waals surface area (Å²) in [5.74, 6) is -1.27. The average Bonchev–Trinajstić information content (AvgIpc) is 1.61. The number of carbonyl (C=O) groups excluding carboxylic acids is 4. The highest BCUT2D eigenvalue weighted by molar-refractivity contribution is 9.10. The zero-order valence-electron chi connectivity index (χ0n) is 62.1. The number of amides is 2. The van der Waals surface area contributed by atoms with E-state index < -0.39 is 52.4 Å². The molecule has 10 aromatic rings. The molecular formula is C77H83Br2ClF7N17O6. The SMILES string of the molecule is CC(=NC1CC1)Nc1c(F)cc(Br)cc1F.CC(=O)NC1CC1.CC(=O)OC(C)=O.Cc1nc2c(F)cc(-c3nc(Cl)ncc3F)cc2n1C1CC1.Cc1nc2c(F)cc(-c3nc(Nc4ccc5c(n4)CCN(C(=O)OC(C)(C)C)C5)ncc3F)cc2n1C1CC1.Cc1nc2c(F)cc(Br)cc2n1C1CC1.NC1CC1. The quantitative estimate of drug-likeness (QED) is 0.0247. The molecule has 7 aliphatic rings. The van der Waals surface area contributed by atoms with Gasteiger partial charge < -0.3 is 49.8 Å². The minimum Gasteiger partial charge on any atom is -0.444 e. The first kappa shape index (κ1) is 81.5. The predicted molar refractivity (Wildman–Crippen MR) is 411 cm³/mol. The van der Waals surface area contributed by atoms with Crippen LogP contribution >= 0.6 is 43.5 Å². The summed E-state index contributed by atoms with van der Waals surface area (Å²) in [4.78, 5) is 81.7. The maximum absolute atomic E-state index is 15.0. The maximum atomic E-state index is 15.0. The standard InChI is InChI=1S/C28H29F2N7O2.C15H11ClF2N4.C11H11BrF2N2.C11H10BrFN2.C5H9NO.C4H6O3.C3H7N/c1-15-32-25-19(29)11-17(12-22(25)37(15)18-6-7-18)24-20(30)13-31-26(35-24)34-23-8-5-16-14-36(10-9-21(16)33-23)27(38)39-28(2,3)4;1-7-20-14-10(17)4-8(5-12(14)22(7)9-2-3-9)13-11(18)6-19-15(16)21-13;1-6(15-8-2-3-8)16-11-9(13)4-7(12)5-10(11)14;1-6-14-11-9(13)4-7(12)5-10(11)15(6)8-2-3-8;1-4(7)6-5-2-3-5;1-3(5)7-4(2)6;4-3-1-2-3/h5,8,11-13,18H,6-7,9-10,14H2,1-4H3,(H,31,33,34,35);4-6,9H,2-3H2,1H3;4-5,8H,2-3H2,1H3,(H,15,16);4-5,8H,2-3H2,1H3;5H,2-3H2,1H3,(H,6,7);1-2H3;3H,1-2,4H2. The van der Waals surface area contributed by atoms with Crippen LogP contribution in [0.1, 0.15) is 172 Å². The van der Waals surface area contributed by atoms with Crippen LogP contribution in [-0.4, -0.2) is 119 Å². The molecule has 6 aromatic heterocycles. The summed E-state index contributed by atoms with van der Waals surface area (Å²) >= 11 is 12.1. The molecular weight excluding hydrogens is 1590 g/mol. The molecule has 6 fully saturated rings. The lowest BCUT2D eigenvalue weighted by molar-refractivity contribution is -0.156. The van der Waals surface area contributed by atoms with Gasteiger partial charge in [-0.1, -0.05) is 37.9 Å². The Morgan fingerprint density at radius 2 is 1.05 bits per heavy atom. The van der Waals surface area contributed by atoms with Crippen molar-refractivity contribution in [3.63, 3.8) is 0 Å². The van der Waals surface area contributed by atoms with Crippen LogP contribution < -0.4 is 21.7 Å². The predicted octanol–water partition coefficient (Wildman–Crippen LogP) is 17.7. The number of nitrogens with zero attached hydrogens (tertiary/aromatic N) is 13. The van der Waals surface area contributed by atoms with Gasteiger partial charge in [0, 0.05) is 89.7 Å². The first-order valence-electron chi connectivity index (χ1n) is 36.0. The molecule has 17 rings (SSSR count). The summed E-state index contributed by atoms with van der Waals surface area (Å²) < 4.78 is 115. The molecule has 6 aliphatic carbocycles. The first-order chi connectivity index (χ1) is 52.1. The van der Waals surface area contributed by atoms with Crippen LogP contribution in [0.5, 0.6) is 0 Å². The number of halogens is 10. The van der Waals surface area contributed by atoms with Crippen molar-refractivity contribution in [1.82, 2.24) is 63.8 Å². The van der Waals surface area contributed by atoms with Crippen LogP contribution in [0.3, 0.4) is 0 Å². The van der Waals surface area contributed by atoms with Crippen molar-refractivity contribution in [2.75, 3.05) is 17.2 Å². The van der Waals surface area contributed by atoms with Crippen LogP contribution in [0.4, 0.5) is 53.0 Å². The molecule has 7 heterocycles. The second kappa shape index (κ2) is 34.8. The third kappa shape index (κ3) is 22.2. The highest BCUT2D eigenvalue weighted by Gasteiger charge is 2.33. The van der Waals surface area contributed by atoms with Crippen LogP contribution in [0.25, 0.3) is 55.6 Å². The van der Waals surface area contributed by atoms with E-state index in [2.05, 4.69) is 102 Å². The molecule has 582 valence electrons. The van der Waals surface area contributed by atoms with Crippen molar-refractivity contribution in [3.8, 4) is 22.5 Å². The fourth-order valence-electron chi connectivity index (χ4n) is 11.9. The third-order valence-electron chi connectivity index (χ3n) is 17.6. The second-order valence-corrected chi connectivity index (χ2v) is 30.9. The number of rotatable bonds is 10. The highest BCUT2D eigenvalue weighted by atomic mass is 79.9. The van der Waals surface area contributed by atoms with Crippen LogP contribution in [-0.2, 0) is 36.8 Å². The topological polar surface area (TPSA) is 282 Å². The van der Waals surface area contributed by atoms with E-state index in [0.717, 1.165) is 89.6 Å². The van der Waals surface area contributed by atoms with Gasteiger partial charge >= 0.3 is 18.0 Å². The molecule has 0 saturated heterocycles. The molecule has 1 aliphatic heterocycles. The lowest BCUT2D eigenvalue weighted by Gasteiger charge is -2.30. The van der Waals surface area contributed by atoms with Gasteiger partial charge in [0.15, 0.2) is 40.7 Å². The number of pyridine rings is 1. The second-order valence-electron chi connectivity index (χ2n) is 28.7. The fourth-order valence-corrected chi connectivity index (χ4v) is 12.8. The number of imidazole rings is 3. The molecule has 0 atom stereocenters. The van der Waals surface area contributed by atoms with Crippen molar-refractivity contribution in [2.24, 2.45) is 10.7 Å². The van der Waals surface area contributed by atoms with Crippen molar-refractivity contribution < 1.29 is 59.4 Å². The number of ether oxygens (including phenoxy) is 2. The Labute approximate surface area is 651 Å². The van der Waals surface area contributed by atoms with Gasteiger partial charge in [-0.2, -0.15) is 0 Å². The molecule has 0 radical (unpaired) electrons. The van der Waals surface area contributed by atoms with E-state index in [0.29, 0.717) is 105 Å². The Hall–Kier alpha value is -9.53. The summed E-state index contributed by atoms with van der Waals surface area (Å²) in [5.41, 5.74) is 10.2. The molecule has 110 heavy (non-hydrogen) atoms. The Kier molecular flexibility index (Phi) is 25.8. The number of aryl methyl sites for hydroxylation is 3. The van der Waals surface area contributed by atoms with E-state index in [1.165, 1.54) is 82.7 Å². The fraction of sp³-hybridized carbons (Fsp3) is 0.416. The van der Waals surface area contributed by atoms with E-state index in [4.69, 9.17) is 22.1 Å². The number of nitrogens with one attached hydrogen (secondary N) is 3. The Morgan fingerprint density at radius 1 is 0.582 bits per heavy atom. The molecule has 23 nitrogen and oxygen atoms in total. The number of nitrogens with two attached hydrogens (primary N) is 1. The van der Waals surface area contributed by atoms with Gasteiger partial charge in [0.2, 0.25) is 17.1 Å². The van der Waals surface area contributed by atoms with Crippen molar-refractivity contribution in [2.45, 2.75) is 201 Å². The lowest BCUT2D eigenvalue weighted by atomic mass is 10.1. The zero-order valence-corrected chi connectivity index (χ0v) is 66.0. The molecule has 0 spiro atoms. The van der Waals surface area contributed by atoms with Gasteiger partial charge in [0.05, 0.1) is 47.4 Å². The number of fused-ring (bicyclic) bond motifs is 4. The molecule has 5 N–H and O–H groups in total. The van der Waals surface area contributed by atoms with Crippen molar-refractivity contribution in [3.05, 3.63) is 157 Å². The van der Waals surface area contributed by atoms with Crippen LogP contribution in [0.15, 0.2) is 87.0 Å². The highest BCUT2D eigenvalue weighted by Crippen LogP contribution is 2.43. The van der Waals surface area contributed by atoms with E-state index in [-0.39, 0.29) is 51.6 Å². The average molecular weight is 1670 g/mol. The number of esters is 2. The van der Waals surface area contributed by atoms with Gasteiger partial charge in [0.25, 0.3) is 0 Å². The number of aromatic nitrogens is 11. The molecule has 0 bridgehead atoms.